The van der Waals surface area contributed by atoms with Crippen LogP contribution in [0.25, 0.3) is 10.9 Å². The van der Waals surface area contributed by atoms with Crippen LogP contribution in [0.5, 0.6) is 0 Å². The molecule has 36 heteroatoms. The molecule has 32 nitrogen and oxygen atoms in total. The number of hydrogen-bond donors (Lipinski definition) is 0. The summed E-state index contributed by atoms with van der Waals surface area (Å²) in [4.78, 5) is 164. The van der Waals surface area contributed by atoms with E-state index in [1.807, 2.05) is 30.6 Å². The number of hydrogen-bond acceptors (Lipinski definition) is 23. The highest BCUT2D eigenvalue weighted by molar-refractivity contribution is 7.11. The highest BCUT2D eigenvalue weighted by Gasteiger charge is 2.71. The average molecular weight is 1880 g/mol. The van der Waals surface area contributed by atoms with E-state index in [1.165, 1.54) is 63.9 Å². The van der Waals surface area contributed by atoms with E-state index in [-0.39, 0.29) is 209 Å². The number of benzene rings is 1. The molecule has 20 atom stereocenters. The number of nitrogens with zero attached hydrogens (tertiary/aromatic N) is 14. The second kappa shape index (κ2) is 33.3. The van der Waals surface area contributed by atoms with E-state index < -0.39 is 0 Å². The Hall–Kier alpha value is -9.91. The smallest absolute Gasteiger partial charge is 0.226 e. The standard InChI is InChI=1S/C26H34N4O2.C14H16N2O4.4C14H16N2O3S/c1-16-14-26-20(23(16)25(32)28-10-9-18(15-28)27(3)4)13-22(31)30(26)12-11-29-21-8-6-5-7-19(21)17(2)24(26)29;17-13-7-11-9(8-16(18)19)1-4-14(11)10-3-6-20-12(10)2-5-15(13)14;2*17-12-7-11-10(8-16(18)19)1-4-14(11)13-9(3-6-20-13)2-5-15(12)14;2*17-13-7-11-9(8-16(18)19)1-4-14(11)10-3-6-20-12(10)2-5-15(13)14/h5-8,16,18,20,23H,9-15H2,1-4H3;3,6,9,11H,1-2,4-5,7-8H2;2*3,6,10-11H,1-2,4-5,7-8H2;2*3,6,9,11H,1-2,4-5,7-8H2/t16-,18?,20-,23+,26+;9-,11-,14-;10-,11-,14?;10-,11-,14+;2*9-,11-,14-/m000000/s1. The van der Waals surface area contributed by atoms with Gasteiger partial charge in [0.05, 0.1) is 39.5 Å². The number of carbonyl (C=O) groups is 7. The zero-order chi connectivity index (χ0) is 91.9. The Morgan fingerprint density at radius 1 is 0.439 bits per heavy atom. The number of aryl methyl sites for hydroxylation is 1. The summed E-state index contributed by atoms with van der Waals surface area (Å²) in [5, 5.41) is 64.1. The molecule has 19 heterocycles. The molecule has 1 aromatic carbocycles. The van der Waals surface area contributed by atoms with Crippen molar-refractivity contribution < 1.29 is 62.6 Å². The fraction of sp³-hybridized carbons (Fsp3) is 0.635. The number of likely N-dealkylation sites (N-methyl/N-ethyl adjacent to an activating group) is 1. The van der Waals surface area contributed by atoms with Crippen LogP contribution in [-0.4, -0.2) is 215 Å². The number of para-hydroxylation sites is 1. The monoisotopic (exact) mass is 1880 g/mol. The van der Waals surface area contributed by atoms with E-state index in [2.05, 4.69) is 117 Å². The number of nitro groups is 5. The van der Waals surface area contributed by atoms with Gasteiger partial charge in [-0.15, -0.1) is 45.3 Å². The van der Waals surface area contributed by atoms with Crippen molar-refractivity contribution in [1.82, 2.24) is 43.8 Å². The number of carbonyl (C=O) groups excluding carboxylic acids is 7. The molecule has 0 bridgehead atoms. The highest BCUT2D eigenvalue weighted by atomic mass is 32.1. The minimum absolute atomic E-state index is 0.000185. The third-order valence-electron chi connectivity index (χ3n) is 36.2. The van der Waals surface area contributed by atoms with Gasteiger partial charge in [-0.3, -0.25) is 84.1 Å². The zero-order valence-electron chi connectivity index (χ0n) is 75.1. The molecule has 13 fully saturated rings. The van der Waals surface area contributed by atoms with Gasteiger partial charge in [-0.25, -0.2) is 0 Å². The van der Waals surface area contributed by atoms with Gasteiger partial charge in [0.15, 0.2) is 0 Å². The van der Waals surface area contributed by atoms with Crippen LogP contribution in [0, 0.1) is 134 Å². The van der Waals surface area contributed by atoms with Gasteiger partial charge in [-0.05, 0) is 215 Å². The zero-order valence-corrected chi connectivity index (χ0v) is 78.3. The topological polar surface area (TPSA) is 379 Å². The molecule has 7 saturated heterocycles. The van der Waals surface area contributed by atoms with Gasteiger partial charge in [0, 0.05) is 247 Å². The van der Waals surface area contributed by atoms with Crippen molar-refractivity contribution in [2.75, 3.05) is 99.2 Å². The molecule has 6 spiro atoms. The molecule has 6 saturated carbocycles. The molecule has 19 aliphatic rings. The van der Waals surface area contributed by atoms with Crippen LogP contribution in [0.1, 0.15) is 187 Å². The molecule has 13 aliphatic heterocycles. The molecule has 0 radical (unpaired) electrons. The lowest BCUT2D eigenvalue weighted by Crippen LogP contribution is -2.52. The molecule has 0 N–H and O–H groups in total. The Balaban J connectivity index is 0.0000000965. The van der Waals surface area contributed by atoms with Gasteiger partial charge in [0.2, 0.25) is 74.1 Å². The molecule has 6 aliphatic carbocycles. The minimum Gasteiger partial charge on any atom is -0.469 e. The SMILES string of the molecule is Cc1c2n(c3ccccc13)CCN1C(=O)C[C@H]3[C@H](C(=O)N4CCC(N(C)C)C4)[C@@H](C)C[C@]231.O=C1C[C@H]2[C@H](C[N+](=O)[O-])CCC23c2sccc2CCN13.O=C1C[C@H]2[C@H](C[N+](=O)[O-])CC[C@]23c2ccoc2CCN13.O=C1C[C@H]2[C@H](C[N+](=O)[O-])CC[C@]23c2ccsc2CCN13.O=C1C[C@H]2[C@H](C[N+](=O)[O-])CC[C@]23c2ccsc2CCN13.O=C1C[C@H]2[C@H](C[N+](=O)[O-])CC[C@]23c2sccc2CCN13. The summed E-state index contributed by atoms with van der Waals surface area (Å²) in [6.45, 7) is 11.5. The number of aromatic nitrogens is 1. The van der Waals surface area contributed by atoms with E-state index in [1.54, 1.807) is 51.6 Å². The van der Waals surface area contributed by atoms with Crippen LogP contribution in [-0.2, 0) is 105 Å². The molecule has 2 unspecified atom stereocenters. The van der Waals surface area contributed by atoms with Crippen molar-refractivity contribution in [2.45, 2.75) is 207 Å². The number of thiophene rings is 4. The first-order valence-corrected chi connectivity index (χ1v) is 51.3. The first-order valence-electron chi connectivity index (χ1n) is 47.8. The molecule has 7 aromatic rings. The van der Waals surface area contributed by atoms with Gasteiger partial charge in [-0.2, -0.15) is 0 Å². The summed E-state index contributed by atoms with van der Waals surface area (Å²) < 4.78 is 8.01. The molecular formula is C96H114N14O18S4. The van der Waals surface area contributed by atoms with Crippen LogP contribution in [0.15, 0.2) is 86.8 Å². The van der Waals surface area contributed by atoms with Crippen LogP contribution in [0.4, 0.5) is 0 Å². The predicted octanol–water partition coefficient (Wildman–Crippen LogP) is 12.5. The maximum Gasteiger partial charge on any atom is 0.226 e. The van der Waals surface area contributed by atoms with Crippen molar-refractivity contribution in [1.29, 1.82) is 0 Å². The predicted molar refractivity (Wildman–Crippen MR) is 489 cm³/mol. The van der Waals surface area contributed by atoms with Gasteiger partial charge >= 0.3 is 0 Å². The quantitative estimate of drug-likeness (QED) is 0.0810. The van der Waals surface area contributed by atoms with Gasteiger partial charge in [-0.1, -0.05) is 25.1 Å². The van der Waals surface area contributed by atoms with Crippen LogP contribution in [0.2, 0.25) is 0 Å². The van der Waals surface area contributed by atoms with E-state index in [4.69, 9.17) is 4.42 Å². The number of furan rings is 1. The molecule has 700 valence electrons. The van der Waals surface area contributed by atoms with Gasteiger partial charge < -0.3 is 48.2 Å². The number of likely N-dealkylation sites (tertiary alicyclic amines) is 1. The normalized spacial score (nSPS) is 34.6. The molecule has 6 aromatic heterocycles. The summed E-state index contributed by atoms with van der Waals surface area (Å²) in [5.41, 5.74) is 8.74. The lowest BCUT2D eigenvalue weighted by Gasteiger charge is -2.44. The Morgan fingerprint density at radius 2 is 0.826 bits per heavy atom. The summed E-state index contributed by atoms with van der Waals surface area (Å²) in [6.07, 6.45) is 19.7. The third-order valence-corrected chi connectivity index (χ3v) is 40.4. The Morgan fingerprint density at radius 3 is 1.27 bits per heavy atom. The third kappa shape index (κ3) is 13.4. The van der Waals surface area contributed by atoms with Crippen LogP contribution >= 0.6 is 45.3 Å². The molecule has 26 rings (SSSR count). The maximum absolute atomic E-state index is 13.9. The summed E-state index contributed by atoms with van der Waals surface area (Å²) in [5.74, 6) is 3.47. The van der Waals surface area contributed by atoms with Gasteiger partial charge in [0.1, 0.15) is 5.76 Å². The van der Waals surface area contributed by atoms with E-state index in [0.717, 1.165) is 173 Å². The van der Waals surface area contributed by atoms with Crippen molar-refractivity contribution >= 4 is 97.6 Å². The molecule has 7 amide bonds. The number of amides is 7. The first-order chi connectivity index (χ1) is 63.5. The van der Waals surface area contributed by atoms with E-state index >= 15 is 0 Å². The van der Waals surface area contributed by atoms with Crippen LogP contribution < -0.4 is 0 Å². The average Bonchev–Trinajstić information content (AvgIpc) is 1.51. The van der Waals surface area contributed by atoms with Crippen molar-refractivity contribution in [3.05, 3.63) is 197 Å². The minimum atomic E-state index is -0.334. The Labute approximate surface area is 779 Å². The van der Waals surface area contributed by atoms with Crippen molar-refractivity contribution in [3.63, 3.8) is 0 Å². The summed E-state index contributed by atoms with van der Waals surface area (Å²) >= 11 is 6.98. The lowest BCUT2D eigenvalue weighted by atomic mass is 9.76. The van der Waals surface area contributed by atoms with Crippen molar-refractivity contribution in [2.24, 2.45) is 76.9 Å². The van der Waals surface area contributed by atoms with Gasteiger partial charge in [0.25, 0.3) is 0 Å². The highest BCUT2D eigenvalue weighted by Crippen LogP contribution is 2.67. The maximum atomic E-state index is 13.9. The lowest BCUT2D eigenvalue weighted by molar-refractivity contribution is -0.489. The summed E-state index contributed by atoms with van der Waals surface area (Å²) in [6, 6.07) is 19.6. The van der Waals surface area contributed by atoms with E-state index in [0.29, 0.717) is 51.1 Å². The fourth-order valence-electron chi connectivity index (χ4n) is 31.2. The first kappa shape index (κ1) is 88.7. The fourth-order valence-corrected chi connectivity index (χ4v) is 35.7. The van der Waals surface area contributed by atoms with Crippen LogP contribution in [0.3, 0.4) is 0 Å². The second-order valence-electron chi connectivity index (χ2n) is 41.4. The molecule has 132 heavy (non-hydrogen) atoms. The Bertz CT molecular complexity index is 5290. The van der Waals surface area contributed by atoms with Crippen molar-refractivity contribution in [3.8, 4) is 0 Å². The Kier molecular flexibility index (Phi) is 22.4. The van der Waals surface area contributed by atoms with E-state index in [9.17, 15) is 84.1 Å². The second-order valence-corrected chi connectivity index (χ2v) is 45.2. The largest absolute Gasteiger partial charge is 0.469 e. The number of fused-ring (bicyclic) bond motifs is 8. The number of rotatable bonds is 12. The molecular weight excluding hydrogens is 1770 g/mol. The summed E-state index contributed by atoms with van der Waals surface area (Å²) in [7, 11) is 4.20.